The van der Waals surface area contributed by atoms with Crippen molar-refractivity contribution in [1.29, 1.82) is 0 Å². The van der Waals surface area contributed by atoms with Crippen molar-refractivity contribution in [2.24, 2.45) is 0 Å². The van der Waals surface area contributed by atoms with E-state index >= 15 is 0 Å². The highest BCUT2D eigenvalue weighted by Gasteiger charge is 2.17. The maximum absolute atomic E-state index is 12.9. The number of rotatable bonds is 9. The highest BCUT2D eigenvalue weighted by Crippen LogP contribution is 2.21. The van der Waals surface area contributed by atoms with Gasteiger partial charge < -0.3 is 9.64 Å². The standard InChI is InChI=1S/C23H26N2O2S/c1-24(15-19-9-4-3-5-10-19)23(26)18-25(17-21-12-8-14-28-21)16-20-11-6-7-13-22(20)27-2/h3-14H,15-18H2,1-2H3. The predicted molar refractivity (Wildman–Crippen MR) is 114 cm³/mol. The van der Waals surface area contributed by atoms with Crippen LogP contribution in [0.4, 0.5) is 0 Å². The van der Waals surface area contributed by atoms with E-state index in [0.29, 0.717) is 19.6 Å². The fourth-order valence-electron chi connectivity index (χ4n) is 3.12. The van der Waals surface area contributed by atoms with E-state index in [9.17, 15) is 4.79 Å². The zero-order valence-electron chi connectivity index (χ0n) is 16.4. The SMILES string of the molecule is COc1ccccc1CN(CC(=O)N(C)Cc1ccccc1)Cc1cccs1. The Morgan fingerprint density at radius 2 is 1.68 bits per heavy atom. The Hall–Kier alpha value is -2.63. The summed E-state index contributed by atoms with van der Waals surface area (Å²) in [6.45, 7) is 2.37. The summed E-state index contributed by atoms with van der Waals surface area (Å²) in [4.78, 5) is 18.1. The first kappa shape index (κ1) is 20.1. The molecular formula is C23H26N2O2S. The summed E-state index contributed by atoms with van der Waals surface area (Å²) in [5.74, 6) is 0.957. The van der Waals surface area contributed by atoms with E-state index in [0.717, 1.165) is 23.4 Å². The molecule has 1 heterocycles. The number of benzene rings is 2. The van der Waals surface area contributed by atoms with Gasteiger partial charge in [0.05, 0.1) is 13.7 Å². The van der Waals surface area contributed by atoms with Crippen molar-refractivity contribution >= 4 is 17.2 Å². The van der Waals surface area contributed by atoms with Crippen LogP contribution in [0.25, 0.3) is 0 Å². The Morgan fingerprint density at radius 1 is 0.929 bits per heavy atom. The molecule has 146 valence electrons. The summed E-state index contributed by atoms with van der Waals surface area (Å²) in [7, 11) is 3.54. The number of methoxy groups -OCH3 is 1. The van der Waals surface area contributed by atoms with Crippen molar-refractivity contribution in [3.63, 3.8) is 0 Å². The van der Waals surface area contributed by atoms with Crippen LogP contribution in [0.2, 0.25) is 0 Å². The van der Waals surface area contributed by atoms with Gasteiger partial charge in [-0.1, -0.05) is 54.6 Å². The molecule has 3 aromatic rings. The Balaban J connectivity index is 1.70. The van der Waals surface area contributed by atoms with E-state index in [1.165, 1.54) is 4.88 Å². The maximum Gasteiger partial charge on any atom is 0.236 e. The monoisotopic (exact) mass is 394 g/mol. The number of carbonyl (C=O) groups is 1. The molecule has 1 aromatic heterocycles. The second kappa shape index (κ2) is 10.1. The summed E-state index contributed by atoms with van der Waals surface area (Å²) < 4.78 is 5.49. The van der Waals surface area contributed by atoms with Gasteiger partial charge in [0.25, 0.3) is 0 Å². The van der Waals surface area contributed by atoms with Crippen LogP contribution in [-0.2, 0) is 24.4 Å². The van der Waals surface area contributed by atoms with Crippen LogP contribution in [0.3, 0.4) is 0 Å². The van der Waals surface area contributed by atoms with E-state index < -0.39 is 0 Å². The largest absolute Gasteiger partial charge is 0.496 e. The normalized spacial score (nSPS) is 10.8. The quantitative estimate of drug-likeness (QED) is 0.539. The van der Waals surface area contributed by atoms with Crippen LogP contribution >= 0.6 is 11.3 Å². The molecule has 5 heteroatoms. The van der Waals surface area contributed by atoms with Crippen LogP contribution in [0.1, 0.15) is 16.0 Å². The number of hydrogen-bond donors (Lipinski definition) is 0. The number of para-hydroxylation sites is 1. The van der Waals surface area contributed by atoms with Crippen molar-refractivity contribution in [3.05, 3.63) is 88.1 Å². The smallest absolute Gasteiger partial charge is 0.236 e. The molecule has 0 fully saturated rings. The second-order valence-electron chi connectivity index (χ2n) is 6.77. The molecule has 4 nitrogen and oxygen atoms in total. The van der Waals surface area contributed by atoms with Crippen molar-refractivity contribution in [3.8, 4) is 5.75 Å². The van der Waals surface area contributed by atoms with E-state index in [1.807, 2.05) is 61.6 Å². The Labute approximate surface area is 171 Å². The van der Waals surface area contributed by atoms with Crippen LogP contribution in [0.15, 0.2) is 72.1 Å². The van der Waals surface area contributed by atoms with Crippen LogP contribution in [0.5, 0.6) is 5.75 Å². The van der Waals surface area contributed by atoms with Gasteiger partial charge in [-0.25, -0.2) is 0 Å². The number of amides is 1. The second-order valence-corrected chi connectivity index (χ2v) is 7.80. The van der Waals surface area contributed by atoms with Gasteiger partial charge in [0.15, 0.2) is 0 Å². The van der Waals surface area contributed by atoms with Crippen molar-refractivity contribution in [2.45, 2.75) is 19.6 Å². The molecular weight excluding hydrogens is 368 g/mol. The highest BCUT2D eigenvalue weighted by atomic mass is 32.1. The van der Waals surface area contributed by atoms with Crippen molar-refractivity contribution in [2.75, 3.05) is 20.7 Å². The average Bonchev–Trinajstić information content (AvgIpc) is 3.22. The maximum atomic E-state index is 12.9. The van der Waals surface area contributed by atoms with Gasteiger partial charge in [-0.3, -0.25) is 9.69 Å². The molecule has 28 heavy (non-hydrogen) atoms. The fourth-order valence-corrected chi connectivity index (χ4v) is 3.87. The van der Waals surface area contributed by atoms with E-state index in [-0.39, 0.29) is 5.91 Å². The zero-order valence-corrected chi connectivity index (χ0v) is 17.2. The van der Waals surface area contributed by atoms with Gasteiger partial charge in [0, 0.05) is 37.1 Å². The van der Waals surface area contributed by atoms with E-state index in [4.69, 9.17) is 4.74 Å². The zero-order chi connectivity index (χ0) is 19.8. The molecule has 0 unspecified atom stereocenters. The van der Waals surface area contributed by atoms with Gasteiger partial charge in [-0.05, 0) is 23.1 Å². The topological polar surface area (TPSA) is 32.8 Å². The lowest BCUT2D eigenvalue weighted by molar-refractivity contribution is -0.131. The van der Waals surface area contributed by atoms with Crippen molar-refractivity contribution < 1.29 is 9.53 Å². The number of likely N-dealkylation sites (N-methyl/N-ethyl adjacent to an activating group) is 1. The molecule has 0 aliphatic rings. The molecule has 3 rings (SSSR count). The first-order valence-corrected chi connectivity index (χ1v) is 10.2. The molecule has 0 radical (unpaired) electrons. The first-order chi connectivity index (χ1) is 13.7. The first-order valence-electron chi connectivity index (χ1n) is 9.30. The van der Waals surface area contributed by atoms with Gasteiger partial charge in [0.2, 0.25) is 5.91 Å². The molecule has 0 bridgehead atoms. The minimum absolute atomic E-state index is 0.107. The van der Waals surface area contributed by atoms with Gasteiger partial charge in [-0.2, -0.15) is 0 Å². The minimum atomic E-state index is 0.107. The lowest BCUT2D eigenvalue weighted by atomic mass is 10.1. The number of hydrogen-bond acceptors (Lipinski definition) is 4. The van der Waals surface area contributed by atoms with Crippen LogP contribution in [0, 0.1) is 0 Å². The molecule has 0 spiro atoms. The lowest BCUT2D eigenvalue weighted by Crippen LogP contribution is -2.37. The van der Waals surface area contributed by atoms with Gasteiger partial charge in [-0.15, -0.1) is 11.3 Å². The molecule has 0 aliphatic heterocycles. The third-order valence-electron chi connectivity index (χ3n) is 4.59. The Bertz CT molecular complexity index is 865. The molecule has 0 saturated heterocycles. The molecule has 0 N–H and O–H groups in total. The summed E-state index contributed by atoms with van der Waals surface area (Å²) in [5.41, 5.74) is 2.22. The van der Waals surface area contributed by atoms with Gasteiger partial charge in [0.1, 0.15) is 5.75 Å². The molecule has 2 aromatic carbocycles. The van der Waals surface area contributed by atoms with Crippen LogP contribution < -0.4 is 4.74 Å². The number of carbonyl (C=O) groups excluding carboxylic acids is 1. The number of nitrogens with zero attached hydrogens (tertiary/aromatic N) is 2. The summed E-state index contributed by atoms with van der Waals surface area (Å²) in [5, 5.41) is 2.07. The predicted octanol–water partition coefficient (Wildman–Crippen LogP) is 4.42. The summed E-state index contributed by atoms with van der Waals surface area (Å²) in [6.07, 6.45) is 0. The summed E-state index contributed by atoms with van der Waals surface area (Å²) in [6, 6.07) is 22.2. The number of thiophene rings is 1. The average molecular weight is 395 g/mol. The van der Waals surface area contributed by atoms with Crippen molar-refractivity contribution in [1.82, 2.24) is 9.80 Å². The van der Waals surface area contributed by atoms with E-state index in [2.05, 4.69) is 22.4 Å². The van der Waals surface area contributed by atoms with Gasteiger partial charge >= 0.3 is 0 Å². The highest BCUT2D eigenvalue weighted by molar-refractivity contribution is 7.09. The molecule has 0 atom stereocenters. The number of ether oxygens (including phenoxy) is 1. The summed E-state index contributed by atoms with van der Waals surface area (Å²) >= 11 is 1.71. The molecule has 0 saturated carbocycles. The Morgan fingerprint density at radius 3 is 2.39 bits per heavy atom. The third-order valence-corrected chi connectivity index (χ3v) is 5.45. The fraction of sp³-hybridized carbons (Fsp3) is 0.261. The Kier molecular flexibility index (Phi) is 7.23. The molecule has 1 amide bonds. The minimum Gasteiger partial charge on any atom is -0.496 e. The molecule has 0 aliphatic carbocycles. The van der Waals surface area contributed by atoms with Crippen LogP contribution in [-0.4, -0.2) is 36.4 Å². The van der Waals surface area contributed by atoms with E-state index in [1.54, 1.807) is 23.3 Å². The lowest BCUT2D eigenvalue weighted by Gasteiger charge is -2.25. The third kappa shape index (κ3) is 5.68.